The fourth-order valence-electron chi connectivity index (χ4n) is 3.25. The Kier molecular flexibility index (Phi) is 5.01. The molecule has 1 fully saturated rings. The lowest BCUT2D eigenvalue weighted by Gasteiger charge is -2.10. The van der Waals surface area contributed by atoms with E-state index < -0.39 is 0 Å². The molecule has 2 aliphatic heterocycles. The Balaban J connectivity index is 1.48. The Hall–Kier alpha value is -1.81. The molecule has 124 valence electrons. The molecule has 0 bridgehead atoms. The first-order valence-corrected chi connectivity index (χ1v) is 8.59. The summed E-state index contributed by atoms with van der Waals surface area (Å²) in [7, 11) is 0. The minimum atomic E-state index is -0.0256. The van der Waals surface area contributed by atoms with E-state index in [-0.39, 0.29) is 12.0 Å². The molecule has 0 spiro atoms. The Morgan fingerprint density at radius 3 is 2.91 bits per heavy atom. The summed E-state index contributed by atoms with van der Waals surface area (Å²) in [5.74, 6) is 1.36. The van der Waals surface area contributed by atoms with Crippen molar-refractivity contribution in [1.29, 1.82) is 0 Å². The number of carbonyl (C=O) groups is 1. The van der Waals surface area contributed by atoms with Crippen LogP contribution in [0.25, 0.3) is 0 Å². The van der Waals surface area contributed by atoms with E-state index in [1.54, 1.807) is 6.08 Å². The summed E-state index contributed by atoms with van der Waals surface area (Å²) in [4.78, 5) is 14.3. The zero-order chi connectivity index (χ0) is 16.2. The van der Waals surface area contributed by atoms with Crippen molar-refractivity contribution in [1.82, 2.24) is 10.2 Å². The molecule has 3 rings (SSSR count). The molecule has 2 atom stereocenters. The van der Waals surface area contributed by atoms with Crippen LogP contribution in [-0.4, -0.2) is 36.5 Å². The average Bonchev–Trinajstić information content (AvgIpc) is 3.15. The van der Waals surface area contributed by atoms with E-state index in [0.717, 1.165) is 30.9 Å². The first-order chi connectivity index (χ1) is 11.1. The normalized spacial score (nSPS) is 23.9. The van der Waals surface area contributed by atoms with Gasteiger partial charge in [-0.1, -0.05) is 19.1 Å². The highest BCUT2D eigenvalue weighted by atomic mass is 16.5. The first kappa shape index (κ1) is 16.1. The van der Waals surface area contributed by atoms with Crippen LogP contribution in [0, 0.1) is 0 Å². The van der Waals surface area contributed by atoms with Gasteiger partial charge in [-0.3, -0.25) is 9.69 Å². The Morgan fingerprint density at radius 1 is 1.35 bits per heavy atom. The van der Waals surface area contributed by atoms with Crippen LogP contribution in [0.4, 0.5) is 0 Å². The summed E-state index contributed by atoms with van der Waals surface area (Å²) < 4.78 is 5.80. The second-order valence-electron chi connectivity index (χ2n) is 6.61. The van der Waals surface area contributed by atoms with E-state index in [0.29, 0.717) is 12.5 Å². The highest BCUT2D eigenvalue weighted by molar-refractivity contribution is 5.87. The second kappa shape index (κ2) is 7.18. The summed E-state index contributed by atoms with van der Waals surface area (Å²) in [5, 5.41) is 2.96. The van der Waals surface area contributed by atoms with Crippen molar-refractivity contribution in [2.75, 3.05) is 19.6 Å². The van der Waals surface area contributed by atoms with Crippen molar-refractivity contribution in [3.8, 4) is 5.75 Å². The predicted molar refractivity (Wildman–Crippen MR) is 91.6 cm³/mol. The van der Waals surface area contributed by atoms with Gasteiger partial charge >= 0.3 is 0 Å². The molecular weight excluding hydrogens is 288 g/mol. The van der Waals surface area contributed by atoms with Crippen LogP contribution in [0.1, 0.15) is 43.7 Å². The van der Waals surface area contributed by atoms with Gasteiger partial charge in [-0.25, -0.2) is 0 Å². The van der Waals surface area contributed by atoms with Crippen LogP contribution in [-0.2, 0) is 11.3 Å². The van der Waals surface area contributed by atoms with Crippen molar-refractivity contribution >= 4 is 5.91 Å². The highest BCUT2D eigenvalue weighted by Crippen LogP contribution is 2.38. The SMILES string of the molecule is CC1Oc2ccc(CNC(=O)/C=C/CN3CCCC3)cc2C1C. The molecule has 0 aliphatic carbocycles. The monoisotopic (exact) mass is 314 g/mol. The van der Waals surface area contributed by atoms with Crippen LogP contribution in [0.15, 0.2) is 30.4 Å². The van der Waals surface area contributed by atoms with Crippen LogP contribution in [0.2, 0.25) is 0 Å². The molecule has 1 aromatic rings. The number of benzene rings is 1. The van der Waals surface area contributed by atoms with Gasteiger partial charge in [0.05, 0.1) is 0 Å². The van der Waals surface area contributed by atoms with Gasteiger partial charge in [-0.15, -0.1) is 0 Å². The third kappa shape index (κ3) is 3.94. The Morgan fingerprint density at radius 2 is 2.13 bits per heavy atom. The number of hydrogen-bond donors (Lipinski definition) is 1. The van der Waals surface area contributed by atoms with E-state index in [2.05, 4.69) is 30.1 Å². The maximum atomic E-state index is 11.9. The van der Waals surface area contributed by atoms with E-state index >= 15 is 0 Å². The van der Waals surface area contributed by atoms with Crippen molar-refractivity contribution in [3.63, 3.8) is 0 Å². The van der Waals surface area contributed by atoms with E-state index in [9.17, 15) is 4.79 Å². The van der Waals surface area contributed by atoms with Gasteiger partial charge in [0, 0.05) is 30.6 Å². The van der Waals surface area contributed by atoms with Crippen LogP contribution >= 0.6 is 0 Å². The molecule has 1 aromatic carbocycles. The van der Waals surface area contributed by atoms with Gasteiger partial charge in [-0.05, 0) is 50.6 Å². The number of hydrogen-bond acceptors (Lipinski definition) is 3. The quantitative estimate of drug-likeness (QED) is 0.850. The molecule has 4 heteroatoms. The third-order valence-electron chi connectivity index (χ3n) is 4.88. The largest absolute Gasteiger partial charge is 0.490 e. The predicted octanol–water partition coefficient (Wildman–Crippen LogP) is 2.84. The fourth-order valence-corrected chi connectivity index (χ4v) is 3.25. The Labute approximate surface area is 138 Å². The standard InChI is InChI=1S/C19H26N2O2/c1-14-15(2)23-18-8-7-16(12-17(14)18)13-20-19(22)6-5-11-21-9-3-4-10-21/h5-8,12,14-15H,3-4,9-11,13H2,1-2H3,(H,20,22)/b6-5+. The van der Waals surface area contributed by atoms with Crippen LogP contribution in [0.3, 0.4) is 0 Å². The topological polar surface area (TPSA) is 41.6 Å². The molecule has 1 N–H and O–H groups in total. The van der Waals surface area contributed by atoms with Gasteiger partial charge in [-0.2, -0.15) is 0 Å². The maximum Gasteiger partial charge on any atom is 0.243 e. The summed E-state index contributed by atoms with van der Waals surface area (Å²) >= 11 is 0. The zero-order valence-corrected chi connectivity index (χ0v) is 14.0. The van der Waals surface area contributed by atoms with Gasteiger partial charge in [0.25, 0.3) is 0 Å². The molecule has 1 saturated heterocycles. The van der Waals surface area contributed by atoms with Gasteiger partial charge in [0.15, 0.2) is 0 Å². The number of fused-ring (bicyclic) bond motifs is 1. The minimum Gasteiger partial charge on any atom is -0.490 e. The average molecular weight is 314 g/mol. The highest BCUT2D eigenvalue weighted by Gasteiger charge is 2.27. The maximum absolute atomic E-state index is 11.9. The number of likely N-dealkylation sites (tertiary alicyclic amines) is 1. The smallest absolute Gasteiger partial charge is 0.243 e. The van der Waals surface area contributed by atoms with Crippen molar-refractivity contribution in [3.05, 3.63) is 41.5 Å². The first-order valence-electron chi connectivity index (χ1n) is 8.59. The van der Waals surface area contributed by atoms with Crippen molar-refractivity contribution in [2.45, 2.75) is 45.3 Å². The number of carbonyl (C=O) groups excluding carboxylic acids is 1. The summed E-state index contributed by atoms with van der Waals surface area (Å²) in [6, 6.07) is 6.19. The van der Waals surface area contributed by atoms with Gasteiger partial charge < -0.3 is 10.1 Å². The fraction of sp³-hybridized carbons (Fsp3) is 0.526. The van der Waals surface area contributed by atoms with Gasteiger partial charge in [0.2, 0.25) is 5.91 Å². The third-order valence-corrected chi connectivity index (χ3v) is 4.88. The number of nitrogens with zero attached hydrogens (tertiary/aromatic N) is 1. The molecular formula is C19H26N2O2. The van der Waals surface area contributed by atoms with E-state index in [4.69, 9.17) is 4.74 Å². The second-order valence-corrected chi connectivity index (χ2v) is 6.61. The van der Waals surface area contributed by atoms with Crippen LogP contribution < -0.4 is 10.1 Å². The van der Waals surface area contributed by atoms with Crippen molar-refractivity contribution in [2.24, 2.45) is 0 Å². The lowest BCUT2D eigenvalue weighted by molar-refractivity contribution is -0.116. The molecule has 2 unspecified atom stereocenters. The van der Waals surface area contributed by atoms with Gasteiger partial charge in [0.1, 0.15) is 11.9 Å². The molecule has 0 radical (unpaired) electrons. The minimum absolute atomic E-state index is 0.0256. The number of rotatable bonds is 5. The molecule has 2 aliphatic rings. The molecule has 1 amide bonds. The zero-order valence-electron chi connectivity index (χ0n) is 14.0. The lowest BCUT2D eigenvalue weighted by atomic mass is 9.97. The summed E-state index contributed by atoms with van der Waals surface area (Å²) in [6.45, 7) is 8.01. The number of ether oxygens (including phenoxy) is 1. The molecule has 0 aromatic heterocycles. The molecule has 0 saturated carbocycles. The van der Waals surface area contributed by atoms with E-state index in [1.165, 1.54) is 18.4 Å². The number of nitrogens with one attached hydrogen (secondary N) is 1. The lowest BCUT2D eigenvalue weighted by Crippen LogP contribution is -2.22. The van der Waals surface area contributed by atoms with E-state index in [1.807, 2.05) is 18.2 Å². The Bertz CT molecular complexity index is 591. The van der Waals surface area contributed by atoms with Crippen molar-refractivity contribution < 1.29 is 9.53 Å². The molecule has 23 heavy (non-hydrogen) atoms. The summed E-state index contributed by atoms with van der Waals surface area (Å²) in [5.41, 5.74) is 2.36. The summed E-state index contributed by atoms with van der Waals surface area (Å²) in [6.07, 6.45) is 6.39. The van der Waals surface area contributed by atoms with Crippen LogP contribution in [0.5, 0.6) is 5.75 Å². The molecule has 4 nitrogen and oxygen atoms in total. The molecule has 2 heterocycles. The number of amides is 1.